The summed E-state index contributed by atoms with van der Waals surface area (Å²) in [4.78, 5) is 39.5. The van der Waals surface area contributed by atoms with Gasteiger partial charge in [-0.2, -0.15) is 0 Å². The molecule has 2 aromatic carbocycles. The fourth-order valence-corrected chi connectivity index (χ4v) is 5.33. The van der Waals surface area contributed by atoms with E-state index in [9.17, 15) is 9.59 Å². The number of anilines is 2. The lowest BCUT2D eigenvalue weighted by Crippen LogP contribution is -2.34. The van der Waals surface area contributed by atoms with Gasteiger partial charge in [-0.3, -0.25) is 9.59 Å². The van der Waals surface area contributed by atoms with Gasteiger partial charge in [-0.1, -0.05) is 35.9 Å². The Bertz CT molecular complexity index is 1580. The van der Waals surface area contributed by atoms with Crippen LogP contribution in [-0.4, -0.2) is 64.4 Å². The van der Waals surface area contributed by atoms with E-state index >= 15 is 0 Å². The molecule has 4 N–H and O–H groups in total. The first kappa shape index (κ1) is 28.3. The van der Waals surface area contributed by atoms with Crippen molar-refractivity contribution in [3.63, 3.8) is 0 Å². The molecular formula is C31H34ClN7O2. The molecular weight excluding hydrogens is 538 g/mol. The number of halogens is 1. The Labute approximate surface area is 244 Å². The topological polar surface area (TPSA) is 115 Å². The number of para-hydroxylation sites is 1. The highest BCUT2D eigenvalue weighted by molar-refractivity contribution is 6.33. The van der Waals surface area contributed by atoms with Crippen molar-refractivity contribution in [2.75, 3.05) is 31.3 Å². The third kappa shape index (κ3) is 6.93. The van der Waals surface area contributed by atoms with E-state index in [1.807, 2.05) is 44.1 Å². The molecule has 0 saturated heterocycles. The molecule has 9 nitrogen and oxygen atoms in total. The Balaban J connectivity index is 1.17. The number of hydrogen-bond donors (Lipinski definition) is 4. The molecule has 2 aromatic heterocycles. The second-order valence-corrected chi connectivity index (χ2v) is 11.0. The first-order chi connectivity index (χ1) is 19.8. The number of rotatable bonds is 9. The van der Waals surface area contributed by atoms with Gasteiger partial charge in [0.25, 0.3) is 5.91 Å². The average Bonchev–Trinajstić information content (AvgIpc) is 3.52. The summed E-state index contributed by atoms with van der Waals surface area (Å²) in [5.41, 5.74) is 4.86. The van der Waals surface area contributed by atoms with Crippen molar-refractivity contribution in [3.8, 4) is 11.3 Å². The molecule has 4 aromatic rings. The van der Waals surface area contributed by atoms with Crippen molar-refractivity contribution in [2.45, 2.75) is 38.3 Å². The van der Waals surface area contributed by atoms with Crippen molar-refractivity contribution in [2.24, 2.45) is 0 Å². The number of carbonyl (C=O) groups excluding carboxylic acids is 2. The Kier molecular flexibility index (Phi) is 8.66. The van der Waals surface area contributed by atoms with E-state index in [2.05, 4.69) is 32.0 Å². The largest absolute Gasteiger partial charge is 0.358 e. The summed E-state index contributed by atoms with van der Waals surface area (Å²) in [7, 11) is 3.87. The van der Waals surface area contributed by atoms with E-state index in [1.54, 1.807) is 36.5 Å². The van der Waals surface area contributed by atoms with Gasteiger partial charge in [0, 0.05) is 58.1 Å². The molecule has 2 amide bonds. The van der Waals surface area contributed by atoms with Crippen molar-refractivity contribution >= 4 is 46.0 Å². The zero-order valence-electron chi connectivity index (χ0n) is 23.4. The Morgan fingerprint density at radius 2 is 1.85 bits per heavy atom. The number of likely N-dealkylation sites (N-methyl/N-ethyl adjacent to an activating group) is 1. The summed E-state index contributed by atoms with van der Waals surface area (Å²) in [6, 6.07) is 15.1. The van der Waals surface area contributed by atoms with Crippen LogP contribution in [0.2, 0.25) is 5.02 Å². The second kappa shape index (κ2) is 12.5. The number of carbonyl (C=O) groups is 2. The van der Waals surface area contributed by atoms with Crippen molar-refractivity contribution in [1.29, 1.82) is 0 Å². The molecule has 1 fully saturated rings. The summed E-state index contributed by atoms with van der Waals surface area (Å²) in [6.07, 6.45) is 7.41. The molecule has 212 valence electrons. The molecule has 5 rings (SSSR count). The van der Waals surface area contributed by atoms with Gasteiger partial charge in [0.15, 0.2) is 0 Å². The van der Waals surface area contributed by atoms with Gasteiger partial charge in [-0.05, 0) is 70.6 Å². The first-order valence-electron chi connectivity index (χ1n) is 13.7. The average molecular weight is 572 g/mol. The van der Waals surface area contributed by atoms with Crippen LogP contribution in [0.25, 0.3) is 22.2 Å². The third-order valence-electron chi connectivity index (χ3n) is 7.13. The number of amides is 2. The minimum atomic E-state index is -0.207. The number of aryl methyl sites for hydroxylation is 1. The maximum Gasteiger partial charge on any atom is 0.251 e. The fraction of sp³-hybridized carbons (Fsp3) is 0.290. The van der Waals surface area contributed by atoms with Crippen LogP contribution in [0.3, 0.4) is 0 Å². The summed E-state index contributed by atoms with van der Waals surface area (Å²) in [6.45, 7) is 2.70. The van der Waals surface area contributed by atoms with Crippen LogP contribution in [0.15, 0.2) is 66.9 Å². The third-order valence-corrected chi connectivity index (χ3v) is 7.41. The highest BCUT2D eigenvalue weighted by atomic mass is 35.5. The van der Waals surface area contributed by atoms with Crippen LogP contribution in [-0.2, 0) is 4.79 Å². The molecule has 0 aliphatic heterocycles. The van der Waals surface area contributed by atoms with Crippen LogP contribution < -0.4 is 16.0 Å². The molecule has 0 radical (unpaired) electrons. The van der Waals surface area contributed by atoms with E-state index in [4.69, 9.17) is 16.6 Å². The van der Waals surface area contributed by atoms with Crippen LogP contribution in [0.1, 0.15) is 35.3 Å². The van der Waals surface area contributed by atoms with E-state index in [0.29, 0.717) is 34.5 Å². The fourth-order valence-electron chi connectivity index (χ4n) is 5.15. The lowest BCUT2D eigenvalue weighted by Gasteiger charge is -2.16. The monoisotopic (exact) mass is 571 g/mol. The van der Waals surface area contributed by atoms with Crippen molar-refractivity contribution in [3.05, 3.63) is 83.2 Å². The number of aromatic amines is 1. The van der Waals surface area contributed by atoms with Crippen molar-refractivity contribution < 1.29 is 9.59 Å². The van der Waals surface area contributed by atoms with Crippen LogP contribution in [0, 0.1) is 6.92 Å². The van der Waals surface area contributed by atoms with Gasteiger partial charge in [0.1, 0.15) is 0 Å². The number of aromatic nitrogens is 3. The minimum absolute atomic E-state index is 0.0313. The van der Waals surface area contributed by atoms with E-state index < -0.39 is 0 Å². The van der Waals surface area contributed by atoms with Gasteiger partial charge in [0.05, 0.1) is 16.9 Å². The Morgan fingerprint density at radius 1 is 1.10 bits per heavy atom. The highest BCUT2D eigenvalue weighted by Gasteiger charge is 2.27. The number of nitrogens with zero attached hydrogens (tertiary/aromatic N) is 3. The standard InChI is InChI=1S/C31H34ClN7O2/c1-19-28(24-7-4-5-8-26(24)34-19)29-25(32)18-33-31(38-29)37-23-15-14-22(17-23)36-30(41)20-10-12-21(13-11-20)35-27(40)9-6-16-39(2)3/h4-13,18,22-23,34H,14-17H2,1-3H3,(H,35,40)(H,36,41)(H,33,37,38)/b9-6+/t22-,23?/m1/s1. The van der Waals surface area contributed by atoms with Gasteiger partial charge in [0.2, 0.25) is 11.9 Å². The number of H-pyrrole nitrogens is 1. The first-order valence-corrected chi connectivity index (χ1v) is 14.0. The normalized spacial score (nSPS) is 16.9. The summed E-state index contributed by atoms with van der Waals surface area (Å²) in [5, 5.41) is 10.9. The maximum atomic E-state index is 12.9. The van der Waals surface area contributed by atoms with Crippen LogP contribution in [0.4, 0.5) is 11.6 Å². The van der Waals surface area contributed by atoms with Crippen LogP contribution in [0.5, 0.6) is 0 Å². The lowest BCUT2D eigenvalue weighted by atomic mass is 10.1. The Morgan fingerprint density at radius 3 is 2.63 bits per heavy atom. The number of nitrogens with one attached hydrogen (secondary N) is 4. The molecule has 1 unspecified atom stereocenters. The molecule has 2 atom stereocenters. The van der Waals surface area contributed by atoms with Gasteiger partial charge >= 0.3 is 0 Å². The number of fused-ring (bicyclic) bond motifs is 1. The minimum Gasteiger partial charge on any atom is -0.358 e. The quantitative estimate of drug-likeness (QED) is 0.200. The molecule has 41 heavy (non-hydrogen) atoms. The predicted octanol–water partition coefficient (Wildman–Crippen LogP) is 5.41. The molecule has 1 aliphatic rings. The molecule has 0 bridgehead atoms. The summed E-state index contributed by atoms with van der Waals surface area (Å²) >= 11 is 6.54. The predicted molar refractivity (Wildman–Crippen MR) is 164 cm³/mol. The van der Waals surface area contributed by atoms with E-state index in [1.165, 1.54) is 6.08 Å². The van der Waals surface area contributed by atoms with E-state index in [-0.39, 0.29) is 23.9 Å². The highest BCUT2D eigenvalue weighted by Crippen LogP contribution is 2.35. The molecule has 2 heterocycles. The zero-order valence-corrected chi connectivity index (χ0v) is 24.1. The lowest BCUT2D eigenvalue weighted by molar-refractivity contribution is -0.111. The molecule has 0 spiro atoms. The Hall–Kier alpha value is -4.21. The van der Waals surface area contributed by atoms with E-state index in [0.717, 1.165) is 41.4 Å². The maximum absolute atomic E-state index is 12.9. The SMILES string of the molecule is Cc1[nH]c2ccccc2c1-c1nc(NC2CC[C@@H](NC(=O)c3ccc(NC(=O)/C=C/CN(C)C)cc3)C2)ncc1Cl. The van der Waals surface area contributed by atoms with Gasteiger partial charge in [-0.15, -0.1) is 0 Å². The van der Waals surface area contributed by atoms with Gasteiger partial charge < -0.3 is 25.8 Å². The summed E-state index contributed by atoms with van der Waals surface area (Å²) < 4.78 is 0. The second-order valence-electron chi connectivity index (χ2n) is 10.6. The number of benzene rings is 2. The van der Waals surface area contributed by atoms with Crippen LogP contribution >= 0.6 is 11.6 Å². The summed E-state index contributed by atoms with van der Waals surface area (Å²) in [5.74, 6) is 0.168. The smallest absolute Gasteiger partial charge is 0.251 e. The molecule has 1 saturated carbocycles. The zero-order chi connectivity index (χ0) is 28.9. The van der Waals surface area contributed by atoms with Crippen molar-refractivity contribution in [1.82, 2.24) is 25.2 Å². The van der Waals surface area contributed by atoms with Gasteiger partial charge in [-0.25, -0.2) is 9.97 Å². The molecule has 1 aliphatic carbocycles. The molecule has 10 heteroatoms. The number of hydrogen-bond acceptors (Lipinski definition) is 6.